The zero-order valence-corrected chi connectivity index (χ0v) is 13.2. The predicted octanol–water partition coefficient (Wildman–Crippen LogP) is 1.39. The molecule has 1 aromatic rings. The lowest BCUT2D eigenvalue weighted by Gasteiger charge is -2.33. The van der Waals surface area contributed by atoms with Crippen LogP contribution in [0.5, 0.6) is 0 Å². The molecule has 0 amide bonds. The van der Waals surface area contributed by atoms with Crippen molar-refractivity contribution in [3.63, 3.8) is 0 Å². The number of halogens is 1. The number of carbonyl (C=O) groups is 1. The van der Waals surface area contributed by atoms with Gasteiger partial charge in [-0.1, -0.05) is 6.07 Å². The minimum atomic E-state index is -4.26. The number of methoxy groups -OCH3 is 1. The van der Waals surface area contributed by atoms with E-state index in [2.05, 4.69) is 0 Å². The van der Waals surface area contributed by atoms with Crippen LogP contribution in [0, 0.1) is 12.7 Å². The largest absolute Gasteiger partial charge is 0.480 e. The van der Waals surface area contributed by atoms with Crippen LogP contribution in [0.25, 0.3) is 0 Å². The molecule has 122 valence electrons. The molecule has 0 spiro atoms. The van der Waals surface area contributed by atoms with Gasteiger partial charge >= 0.3 is 5.97 Å². The maximum atomic E-state index is 14.1. The first-order valence-corrected chi connectivity index (χ1v) is 8.21. The van der Waals surface area contributed by atoms with Crippen molar-refractivity contribution < 1.29 is 27.4 Å². The van der Waals surface area contributed by atoms with Crippen molar-refractivity contribution in [1.29, 1.82) is 0 Å². The summed E-state index contributed by atoms with van der Waals surface area (Å²) in [5.74, 6) is -2.17. The molecule has 1 saturated heterocycles. The minimum Gasteiger partial charge on any atom is -0.480 e. The zero-order valence-electron chi connectivity index (χ0n) is 12.4. The lowest BCUT2D eigenvalue weighted by molar-refractivity contribution is -0.150. The van der Waals surface area contributed by atoms with Crippen LogP contribution >= 0.6 is 0 Å². The average Bonchev–Trinajstić information content (AvgIpc) is 2.84. The van der Waals surface area contributed by atoms with Crippen LogP contribution < -0.4 is 0 Å². The number of hydrogen-bond acceptors (Lipinski definition) is 4. The van der Waals surface area contributed by atoms with E-state index in [9.17, 15) is 22.7 Å². The summed E-state index contributed by atoms with van der Waals surface area (Å²) in [6.07, 6.45) is 0.505. The Labute approximate surface area is 128 Å². The average molecular weight is 331 g/mol. The molecular weight excluding hydrogens is 313 g/mol. The third-order valence-corrected chi connectivity index (χ3v) is 5.86. The van der Waals surface area contributed by atoms with Crippen LogP contribution in [0.4, 0.5) is 4.39 Å². The maximum Gasteiger partial charge on any atom is 0.327 e. The summed E-state index contributed by atoms with van der Waals surface area (Å²) in [6.45, 7) is 1.38. The fourth-order valence-electron chi connectivity index (χ4n) is 2.80. The number of nitrogens with zero attached hydrogens (tertiary/aromatic N) is 1. The highest BCUT2D eigenvalue weighted by atomic mass is 32.2. The van der Waals surface area contributed by atoms with Gasteiger partial charge < -0.3 is 9.84 Å². The second-order valence-electron chi connectivity index (χ2n) is 5.38. The van der Waals surface area contributed by atoms with E-state index in [0.29, 0.717) is 12.0 Å². The van der Waals surface area contributed by atoms with E-state index in [1.165, 1.54) is 13.2 Å². The van der Waals surface area contributed by atoms with E-state index in [0.717, 1.165) is 16.4 Å². The van der Waals surface area contributed by atoms with Gasteiger partial charge in [-0.25, -0.2) is 12.8 Å². The van der Waals surface area contributed by atoms with Gasteiger partial charge in [-0.3, -0.25) is 4.79 Å². The van der Waals surface area contributed by atoms with Crippen LogP contribution in [0.2, 0.25) is 0 Å². The summed E-state index contributed by atoms with van der Waals surface area (Å²) in [4.78, 5) is 11.1. The third-order valence-electron chi connectivity index (χ3n) is 3.87. The first-order valence-electron chi connectivity index (χ1n) is 6.77. The van der Waals surface area contributed by atoms with Gasteiger partial charge in [0.1, 0.15) is 10.7 Å². The van der Waals surface area contributed by atoms with Gasteiger partial charge in [0.2, 0.25) is 10.0 Å². The quantitative estimate of drug-likeness (QED) is 0.881. The Kier molecular flexibility index (Phi) is 4.55. The molecule has 1 fully saturated rings. The van der Waals surface area contributed by atoms with Crippen LogP contribution in [0.3, 0.4) is 0 Å². The number of benzene rings is 1. The van der Waals surface area contributed by atoms with Gasteiger partial charge in [0, 0.05) is 13.7 Å². The smallest absolute Gasteiger partial charge is 0.327 e. The molecule has 1 aliphatic heterocycles. The van der Waals surface area contributed by atoms with Crippen molar-refractivity contribution in [3.8, 4) is 0 Å². The van der Waals surface area contributed by atoms with Gasteiger partial charge in [-0.2, -0.15) is 4.31 Å². The molecule has 6 nitrogen and oxygen atoms in total. The summed E-state index contributed by atoms with van der Waals surface area (Å²) >= 11 is 0. The third kappa shape index (κ3) is 2.62. The molecule has 0 bridgehead atoms. The molecule has 0 radical (unpaired) electrons. The van der Waals surface area contributed by atoms with E-state index in [4.69, 9.17) is 4.74 Å². The molecule has 0 aromatic heterocycles. The van der Waals surface area contributed by atoms with Crippen LogP contribution in [-0.4, -0.2) is 49.6 Å². The Morgan fingerprint density at radius 3 is 2.73 bits per heavy atom. The Morgan fingerprint density at radius 1 is 1.50 bits per heavy atom. The number of carboxylic acids is 1. The standard InChI is InChI=1S/C14H18FNO5S/c1-10-4-5-12(11(15)8-10)22(19,20)16-7-3-6-14(16,9-21-2)13(17)18/h4-5,8H,3,6-7,9H2,1-2H3,(H,17,18). The fraction of sp³-hybridized carbons (Fsp3) is 0.500. The molecule has 1 N–H and O–H groups in total. The second-order valence-corrected chi connectivity index (χ2v) is 7.22. The Balaban J connectivity index is 2.54. The highest BCUT2D eigenvalue weighted by molar-refractivity contribution is 7.89. The molecule has 22 heavy (non-hydrogen) atoms. The van der Waals surface area contributed by atoms with E-state index in [1.807, 2.05) is 0 Å². The van der Waals surface area contributed by atoms with E-state index in [1.54, 1.807) is 6.92 Å². The maximum absolute atomic E-state index is 14.1. The molecular formula is C14H18FNO5S. The second kappa shape index (κ2) is 5.94. The van der Waals surface area contributed by atoms with E-state index in [-0.39, 0.29) is 19.6 Å². The molecule has 8 heteroatoms. The zero-order chi connectivity index (χ0) is 16.5. The summed E-state index contributed by atoms with van der Waals surface area (Å²) in [5, 5.41) is 9.51. The predicted molar refractivity (Wildman–Crippen MR) is 76.5 cm³/mol. The number of sulfonamides is 1. The fourth-order valence-corrected chi connectivity index (χ4v) is 4.63. The van der Waals surface area contributed by atoms with Crippen molar-refractivity contribution in [2.75, 3.05) is 20.3 Å². The summed E-state index contributed by atoms with van der Waals surface area (Å²) in [6, 6.07) is 3.75. The molecule has 0 aliphatic carbocycles. The Bertz CT molecular complexity index is 690. The lowest BCUT2D eigenvalue weighted by atomic mass is 9.99. The monoisotopic (exact) mass is 331 g/mol. The first kappa shape index (κ1) is 16.9. The number of ether oxygens (including phenoxy) is 1. The summed E-state index contributed by atoms with van der Waals surface area (Å²) in [5.41, 5.74) is -1.11. The molecule has 0 saturated carbocycles. The molecule has 1 atom stereocenters. The SMILES string of the molecule is COCC1(C(=O)O)CCCN1S(=O)(=O)c1ccc(C)cc1F. The van der Waals surface area contributed by atoms with Gasteiger partial charge in [0.15, 0.2) is 5.54 Å². The number of hydrogen-bond donors (Lipinski definition) is 1. The van der Waals surface area contributed by atoms with Crippen molar-refractivity contribution in [2.45, 2.75) is 30.2 Å². The van der Waals surface area contributed by atoms with Crippen LogP contribution in [-0.2, 0) is 19.6 Å². The van der Waals surface area contributed by atoms with Crippen LogP contribution in [0.1, 0.15) is 18.4 Å². The van der Waals surface area contributed by atoms with Crippen molar-refractivity contribution in [2.24, 2.45) is 0 Å². The summed E-state index contributed by atoms with van der Waals surface area (Å²) in [7, 11) is -2.96. The van der Waals surface area contributed by atoms with Crippen molar-refractivity contribution in [1.82, 2.24) is 4.31 Å². The molecule has 1 heterocycles. The number of aliphatic carboxylic acids is 1. The molecule has 1 unspecified atom stereocenters. The van der Waals surface area contributed by atoms with Gasteiger partial charge in [-0.15, -0.1) is 0 Å². The minimum absolute atomic E-state index is 0.0192. The van der Waals surface area contributed by atoms with E-state index < -0.39 is 32.2 Å². The number of carboxylic acid groups (broad SMARTS) is 1. The highest BCUT2D eigenvalue weighted by Crippen LogP contribution is 2.36. The number of aryl methyl sites for hydroxylation is 1. The van der Waals surface area contributed by atoms with Gasteiger partial charge in [-0.05, 0) is 37.5 Å². The molecule has 1 aromatic carbocycles. The molecule has 2 rings (SSSR count). The van der Waals surface area contributed by atoms with Crippen molar-refractivity contribution in [3.05, 3.63) is 29.6 Å². The highest BCUT2D eigenvalue weighted by Gasteiger charge is 2.54. The first-order chi connectivity index (χ1) is 10.3. The Hall–Kier alpha value is -1.51. The summed E-state index contributed by atoms with van der Waals surface area (Å²) < 4.78 is 45.3. The van der Waals surface area contributed by atoms with Gasteiger partial charge in [0.05, 0.1) is 6.61 Å². The lowest BCUT2D eigenvalue weighted by Crippen LogP contribution is -2.56. The van der Waals surface area contributed by atoms with Crippen molar-refractivity contribution >= 4 is 16.0 Å². The topological polar surface area (TPSA) is 83.9 Å². The number of rotatable bonds is 5. The normalized spacial score (nSPS) is 22.9. The van der Waals surface area contributed by atoms with E-state index >= 15 is 0 Å². The molecule has 1 aliphatic rings. The van der Waals surface area contributed by atoms with Crippen LogP contribution in [0.15, 0.2) is 23.1 Å². The van der Waals surface area contributed by atoms with Gasteiger partial charge in [0.25, 0.3) is 0 Å². The Morgan fingerprint density at radius 2 is 2.18 bits per heavy atom.